The lowest BCUT2D eigenvalue weighted by atomic mass is 10.5. The maximum absolute atomic E-state index is 11.0. The molecule has 0 bridgehead atoms. The van der Waals surface area contributed by atoms with Crippen molar-refractivity contribution in [3.8, 4) is 0 Å². The minimum atomic E-state index is -0.297. The SMILES string of the molecule is CCOC(=O)/C=C/CSc1nc(CC)ns1. The Hall–Kier alpha value is -0.880. The fourth-order valence-corrected chi connectivity index (χ4v) is 2.43. The van der Waals surface area contributed by atoms with Crippen molar-refractivity contribution in [3.63, 3.8) is 0 Å². The van der Waals surface area contributed by atoms with Crippen LogP contribution in [0.5, 0.6) is 0 Å². The van der Waals surface area contributed by atoms with E-state index in [0.717, 1.165) is 16.6 Å². The highest BCUT2D eigenvalue weighted by Gasteiger charge is 2.01. The lowest BCUT2D eigenvalue weighted by Crippen LogP contribution is -1.98. The molecule has 0 saturated carbocycles. The van der Waals surface area contributed by atoms with Gasteiger partial charge < -0.3 is 4.74 Å². The van der Waals surface area contributed by atoms with Crippen LogP contribution in [0, 0.1) is 0 Å². The number of aromatic nitrogens is 2. The Morgan fingerprint density at radius 2 is 2.38 bits per heavy atom. The van der Waals surface area contributed by atoms with Crippen LogP contribution in [-0.4, -0.2) is 27.7 Å². The van der Waals surface area contributed by atoms with Crippen LogP contribution in [0.3, 0.4) is 0 Å². The monoisotopic (exact) mass is 258 g/mol. The topological polar surface area (TPSA) is 52.1 Å². The summed E-state index contributed by atoms with van der Waals surface area (Å²) in [4.78, 5) is 15.3. The van der Waals surface area contributed by atoms with Gasteiger partial charge in [0.05, 0.1) is 6.61 Å². The summed E-state index contributed by atoms with van der Waals surface area (Å²) in [5, 5.41) is 0. The van der Waals surface area contributed by atoms with Crippen LogP contribution in [0.4, 0.5) is 0 Å². The number of carbonyl (C=O) groups is 1. The minimum absolute atomic E-state index is 0.297. The second-order valence-electron chi connectivity index (χ2n) is 2.80. The van der Waals surface area contributed by atoms with Crippen molar-refractivity contribution in [2.45, 2.75) is 24.6 Å². The normalized spacial score (nSPS) is 10.9. The molecule has 16 heavy (non-hydrogen) atoms. The fourth-order valence-electron chi connectivity index (χ4n) is 0.894. The van der Waals surface area contributed by atoms with E-state index in [-0.39, 0.29) is 5.97 Å². The van der Waals surface area contributed by atoms with Crippen LogP contribution in [0.2, 0.25) is 0 Å². The summed E-state index contributed by atoms with van der Waals surface area (Å²) in [5.74, 6) is 1.29. The summed E-state index contributed by atoms with van der Waals surface area (Å²) in [6.07, 6.45) is 4.07. The third-order valence-electron chi connectivity index (χ3n) is 1.61. The zero-order valence-electron chi connectivity index (χ0n) is 9.30. The van der Waals surface area contributed by atoms with Gasteiger partial charge in [0.15, 0.2) is 4.34 Å². The second kappa shape index (κ2) is 7.40. The standard InChI is InChI=1S/C10H14N2O2S2/c1-3-8-11-10(16-12-8)15-7-5-6-9(13)14-4-2/h5-6H,3-4,7H2,1-2H3/b6-5+. The Balaban J connectivity index is 2.27. The van der Waals surface area contributed by atoms with Crippen molar-refractivity contribution in [2.24, 2.45) is 0 Å². The number of hydrogen-bond donors (Lipinski definition) is 0. The van der Waals surface area contributed by atoms with Crippen molar-refractivity contribution in [2.75, 3.05) is 12.4 Å². The zero-order chi connectivity index (χ0) is 11.8. The van der Waals surface area contributed by atoms with Gasteiger partial charge in [-0.05, 0) is 18.5 Å². The van der Waals surface area contributed by atoms with E-state index in [1.54, 1.807) is 24.8 Å². The quantitative estimate of drug-likeness (QED) is 0.445. The third kappa shape index (κ3) is 4.76. The summed E-state index contributed by atoms with van der Waals surface area (Å²) >= 11 is 2.96. The Kier molecular flexibility index (Phi) is 6.10. The maximum atomic E-state index is 11.0. The van der Waals surface area contributed by atoms with Crippen molar-refractivity contribution in [1.29, 1.82) is 0 Å². The fraction of sp³-hybridized carbons (Fsp3) is 0.500. The summed E-state index contributed by atoms with van der Waals surface area (Å²) in [5.41, 5.74) is 0. The molecule has 0 atom stereocenters. The molecule has 0 N–H and O–H groups in total. The second-order valence-corrected chi connectivity index (χ2v) is 4.81. The average Bonchev–Trinajstić information content (AvgIpc) is 2.73. The molecule has 0 unspecified atom stereocenters. The Morgan fingerprint density at radius 1 is 1.56 bits per heavy atom. The molecule has 1 aromatic heterocycles. The molecule has 1 aromatic rings. The Labute approximate surface area is 103 Å². The molecule has 1 rings (SSSR count). The number of aryl methyl sites for hydroxylation is 1. The first-order valence-electron chi connectivity index (χ1n) is 5.05. The summed E-state index contributed by atoms with van der Waals surface area (Å²) < 4.78 is 9.86. The van der Waals surface area contributed by atoms with Gasteiger partial charge in [0.25, 0.3) is 0 Å². The molecule has 0 amide bonds. The van der Waals surface area contributed by atoms with Crippen molar-refractivity contribution in [1.82, 2.24) is 9.36 Å². The lowest BCUT2D eigenvalue weighted by Gasteiger charge is -1.94. The van der Waals surface area contributed by atoms with Crippen LogP contribution in [0.15, 0.2) is 16.5 Å². The number of rotatable bonds is 6. The summed E-state index contributed by atoms with van der Waals surface area (Å²) in [6.45, 7) is 4.22. The molecule has 0 aliphatic heterocycles. The number of thioether (sulfide) groups is 1. The molecule has 0 fully saturated rings. The zero-order valence-corrected chi connectivity index (χ0v) is 10.9. The smallest absolute Gasteiger partial charge is 0.330 e. The molecule has 0 aliphatic rings. The molecule has 6 heteroatoms. The van der Waals surface area contributed by atoms with Gasteiger partial charge in [0.1, 0.15) is 5.82 Å². The molecular formula is C10H14N2O2S2. The molecule has 88 valence electrons. The molecule has 1 heterocycles. The van der Waals surface area contributed by atoms with E-state index >= 15 is 0 Å². The molecule has 0 aliphatic carbocycles. The molecule has 0 saturated heterocycles. The van der Waals surface area contributed by atoms with Crippen molar-refractivity contribution in [3.05, 3.63) is 18.0 Å². The highest BCUT2D eigenvalue weighted by molar-refractivity contribution is 8.01. The number of hydrogen-bond acceptors (Lipinski definition) is 6. The van der Waals surface area contributed by atoms with Gasteiger partial charge >= 0.3 is 5.97 Å². The van der Waals surface area contributed by atoms with Gasteiger partial charge in [-0.25, -0.2) is 9.78 Å². The van der Waals surface area contributed by atoms with Crippen LogP contribution < -0.4 is 0 Å². The largest absolute Gasteiger partial charge is 0.463 e. The van der Waals surface area contributed by atoms with E-state index in [1.807, 2.05) is 6.92 Å². The van der Waals surface area contributed by atoms with Crippen LogP contribution in [-0.2, 0) is 16.0 Å². The Morgan fingerprint density at radius 3 is 3.00 bits per heavy atom. The number of esters is 1. The first kappa shape index (κ1) is 13.2. The summed E-state index contributed by atoms with van der Waals surface area (Å²) in [7, 11) is 0. The average molecular weight is 258 g/mol. The predicted octanol–water partition coefficient (Wildman–Crippen LogP) is 2.31. The summed E-state index contributed by atoms with van der Waals surface area (Å²) in [6, 6.07) is 0. The predicted molar refractivity (Wildman–Crippen MR) is 65.8 cm³/mol. The van der Waals surface area contributed by atoms with Crippen LogP contribution in [0.1, 0.15) is 19.7 Å². The molecule has 0 spiro atoms. The van der Waals surface area contributed by atoms with E-state index in [0.29, 0.717) is 12.4 Å². The Bertz CT molecular complexity index is 363. The van der Waals surface area contributed by atoms with E-state index in [9.17, 15) is 4.79 Å². The first-order valence-corrected chi connectivity index (χ1v) is 6.80. The van der Waals surface area contributed by atoms with E-state index in [4.69, 9.17) is 4.74 Å². The van der Waals surface area contributed by atoms with E-state index < -0.39 is 0 Å². The van der Waals surface area contributed by atoms with Crippen LogP contribution >= 0.6 is 23.3 Å². The lowest BCUT2D eigenvalue weighted by molar-refractivity contribution is -0.137. The first-order chi connectivity index (χ1) is 7.76. The van der Waals surface area contributed by atoms with Gasteiger partial charge in [0.2, 0.25) is 0 Å². The highest BCUT2D eigenvalue weighted by Crippen LogP contribution is 2.20. The van der Waals surface area contributed by atoms with Crippen molar-refractivity contribution >= 4 is 29.3 Å². The number of ether oxygens (including phenoxy) is 1. The number of nitrogens with zero attached hydrogens (tertiary/aromatic N) is 2. The van der Waals surface area contributed by atoms with Gasteiger partial charge in [-0.15, -0.1) is 0 Å². The van der Waals surface area contributed by atoms with Gasteiger partial charge in [-0.1, -0.05) is 24.8 Å². The molecule has 4 nitrogen and oxygen atoms in total. The number of carbonyl (C=O) groups excluding carboxylic acids is 1. The van der Waals surface area contributed by atoms with E-state index in [2.05, 4.69) is 9.36 Å². The third-order valence-corrected chi connectivity index (χ3v) is 3.43. The van der Waals surface area contributed by atoms with Gasteiger partial charge in [-0.2, -0.15) is 4.37 Å². The highest BCUT2D eigenvalue weighted by atomic mass is 32.2. The van der Waals surface area contributed by atoms with Crippen molar-refractivity contribution < 1.29 is 9.53 Å². The van der Waals surface area contributed by atoms with E-state index in [1.165, 1.54) is 17.6 Å². The minimum Gasteiger partial charge on any atom is -0.463 e. The van der Waals surface area contributed by atoms with Gasteiger partial charge in [-0.3, -0.25) is 0 Å². The molecule has 0 aromatic carbocycles. The molecule has 0 radical (unpaired) electrons. The van der Waals surface area contributed by atoms with Gasteiger partial charge in [0, 0.05) is 18.2 Å². The van der Waals surface area contributed by atoms with Crippen LogP contribution in [0.25, 0.3) is 0 Å². The molecular weight excluding hydrogens is 244 g/mol. The maximum Gasteiger partial charge on any atom is 0.330 e.